The van der Waals surface area contributed by atoms with Crippen molar-refractivity contribution >= 4 is 10.8 Å². The van der Waals surface area contributed by atoms with Crippen molar-refractivity contribution in [1.29, 1.82) is 0 Å². The Morgan fingerprint density at radius 2 is 1.00 bits per heavy atom. The van der Waals surface area contributed by atoms with Crippen LogP contribution in [0, 0.1) is 20.8 Å². The van der Waals surface area contributed by atoms with Gasteiger partial charge in [0.2, 0.25) is 0 Å². The Morgan fingerprint density at radius 1 is 0.526 bits per heavy atom. The normalized spacial score (nSPS) is 9.00. The first-order chi connectivity index (χ1) is 8.20. The van der Waals surface area contributed by atoms with Gasteiger partial charge >= 0.3 is 0 Å². The number of benzene rings is 1. The molecule has 0 saturated heterocycles. The summed E-state index contributed by atoms with van der Waals surface area (Å²) >= 11 is 0. The summed E-state index contributed by atoms with van der Waals surface area (Å²) in [6.45, 7) is 6.52. The Labute approximate surface area is 118 Å². The van der Waals surface area contributed by atoms with Crippen LogP contribution in [0.5, 0.6) is 0 Å². The van der Waals surface area contributed by atoms with Crippen molar-refractivity contribution in [2.75, 3.05) is 0 Å². The van der Waals surface area contributed by atoms with E-state index in [1.165, 1.54) is 27.5 Å². The Hall–Kier alpha value is -1.82. The summed E-state index contributed by atoms with van der Waals surface area (Å²) in [7, 11) is 0. The van der Waals surface area contributed by atoms with E-state index in [1.54, 1.807) is 0 Å². The van der Waals surface area contributed by atoms with Crippen LogP contribution in [0.2, 0.25) is 0 Å². The van der Waals surface area contributed by atoms with Gasteiger partial charge in [0, 0.05) is 0 Å². The molecule has 0 amide bonds. The van der Waals surface area contributed by atoms with Gasteiger partial charge in [-0.25, -0.2) is 0 Å². The minimum absolute atomic E-state index is 0. The van der Waals surface area contributed by atoms with Crippen LogP contribution in [-0.4, -0.2) is 0 Å². The second kappa shape index (κ2) is 7.58. The minimum atomic E-state index is 0. The maximum absolute atomic E-state index is 2.20. The number of fused-ring (bicyclic) bond motifs is 1. The van der Waals surface area contributed by atoms with Gasteiger partial charge in [0.05, 0.1) is 0 Å². The summed E-state index contributed by atoms with van der Waals surface area (Å²) < 4.78 is 0. The molecule has 0 aliphatic carbocycles. The standard InChI is InChI=1S/C17H18.2CH4/c1-13-9-5-4-6-10-14(2)16-11-7-8-12-17(16)15(13)3;;/h4-12H,1-3H3;2*1H4. The summed E-state index contributed by atoms with van der Waals surface area (Å²) in [5, 5.41) is 2.66. The maximum atomic E-state index is 2.20. The molecule has 0 aliphatic rings. The molecule has 0 nitrogen and oxygen atoms in total. The summed E-state index contributed by atoms with van der Waals surface area (Å²) in [6.07, 6.45) is 0. The smallest absolute Gasteiger partial charge is 0.0149 e. The van der Waals surface area contributed by atoms with Crippen molar-refractivity contribution in [3.8, 4) is 0 Å². The lowest BCUT2D eigenvalue weighted by atomic mass is 10.0. The molecule has 0 unspecified atom stereocenters. The molecule has 102 valence electrons. The Balaban J connectivity index is 0.00000162. The highest BCUT2D eigenvalue weighted by atomic mass is 14.0. The Kier molecular flexibility index (Phi) is 6.85. The molecule has 0 aliphatic heterocycles. The van der Waals surface area contributed by atoms with Crippen molar-refractivity contribution in [2.24, 2.45) is 0 Å². The fourth-order valence-electron chi connectivity index (χ4n) is 2.05. The van der Waals surface area contributed by atoms with Gasteiger partial charge < -0.3 is 0 Å². The minimum Gasteiger partial charge on any atom is -0.0776 e. The lowest BCUT2D eigenvalue weighted by molar-refractivity contribution is 1.38. The predicted octanol–water partition coefficient (Wildman–Crippen LogP) is 6.16. The molecule has 0 saturated carbocycles. The summed E-state index contributed by atoms with van der Waals surface area (Å²) in [4.78, 5) is 0. The fourth-order valence-corrected chi connectivity index (χ4v) is 2.05. The molecular formula is C19H26. The van der Waals surface area contributed by atoms with Crippen LogP contribution in [-0.2, 0) is 0 Å². The van der Waals surface area contributed by atoms with Crippen LogP contribution in [0.4, 0.5) is 0 Å². The van der Waals surface area contributed by atoms with Gasteiger partial charge in [-0.1, -0.05) is 69.5 Å². The van der Waals surface area contributed by atoms with E-state index in [1.807, 2.05) is 0 Å². The molecule has 0 heteroatoms. The van der Waals surface area contributed by atoms with E-state index in [0.29, 0.717) is 0 Å². The molecule has 2 rings (SSSR count). The summed E-state index contributed by atoms with van der Waals surface area (Å²) in [6, 6.07) is 19.2. The van der Waals surface area contributed by atoms with Crippen LogP contribution in [0.25, 0.3) is 10.8 Å². The first-order valence-corrected chi connectivity index (χ1v) is 5.99. The highest BCUT2D eigenvalue weighted by Gasteiger charge is 1.97. The third-order valence-electron chi connectivity index (χ3n) is 3.26. The first kappa shape index (κ1) is 17.2. The van der Waals surface area contributed by atoms with Gasteiger partial charge in [0.15, 0.2) is 0 Å². The maximum Gasteiger partial charge on any atom is -0.0149 e. The van der Waals surface area contributed by atoms with Crippen molar-refractivity contribution in [3.63, 3.8) is 0 Å². The molecule has 0 radical (unpaired) electrons. The molecule has 0 N–H and O–H groups in total. The average Bonchev–Trinajstić information content (AvgIpc) is 2.36. The monoisotopic (exact) mass is 254 g/mol. The lowest BCUT2D eigenvalue weighted by Crippen LogP contribution is -1.81. The molecular weight excluding hydrogens is 228 g/mol. The zero-order valence-electron chi connectivity index (χ0n) is 10.7. The Morgan fingerprint density at radius 3 is 1.63 bits per heavy atom. The van der Waals surface area contributed by atoms with E-state index in [9.17, 15) is 0 Å². The van der Waals surface area contributed by atoms with Crippen LogP contribution >= 0.6 is 0 Å². The third-order valence-corrected chi connectivity index (χ3v) is 3.26. The average molecular weight is 254 g/mol. The van der Waals surface area contributed by atoms with Crippen LogP contribution in [0.1, 0.15) is 31.5 Å². The van der Waals surface area contributed by atoms with Gasteiger partial charge in [-0.3, -0.25) is 0 Å². The quantitative estimate of drug-likeness (QED) is 0.528. The zero-order valence-corrected chi connectivity index (χ0v) is 10.7. The second-order valence-corrected chi connectivity index (χ2v) is 4.45. The molecule has 0 atom stereocenters. The van der Waals surface area contributed by atoms with Crippen molar-refractivity contribution in [3.05, 3.63) is 71.3 Å². The fraction of sp³-hybridized carbons (Fsp3) is 0.263. The van der Waals surface area contributed by atoms with Crippen LogP contribution < -0.4 is 0 Å². The molecule has 0 aromatic heterocycles. The zero-order chi connectivity index (χ0) is 12.3. The highest BCUT2D eigenvalue weighted by Crippen LogP contribution is 2.20. The number of hydrogen-bond donors (Lipinski definition) is 0. The second-order valence-electron chi connectivity index (χ2n) is 4.45. The SMILES string of the molecule is C.C.Cc1cccccc(C)c2ccccc2c1C. The molecule has 2 aromatic rings. The van der Waals surface area contributed by atoms with E-state index in [4.69, 9.17) is 0 Å². The van der Waals surface area contributed by atoms with E-state index >= 15 is 0 Å². The lowest BCUT2D eigenvalue weighted by Gasteiger charge is -2.03. The summed E-state index contributed by atoms with van der Waals surface area (Å²) in [5.74, 6) is 0. The topological polar surface area (TPSA) is 0 Å². The van der Waals surface area contributed by atoms with Gasteiger partial charge in [-0.05, 0) is 48.2 Å². The van der Waals surface area contributed by atoms with E-state index in [-0.39, 0.29) is 14.9 Å². The van der Waals surface area contributed by atoms with E-state index < -0.39 is 0 Å². The molecule has 19 heavy (non-hydrogen) atoms. The largest absolute Gasteiger partial charge is 0.0776 e. The molecule has 0 bridgehead atoms. The molecule has 0 fully saturated rings. The summed E-state index contributed by atoms with van der Waals surface area (Å²) in [5.41, 5.74) is 3.97. The van der Waals surface area contributed by atoms with Crippen molar-refractivity contribution in [2.45, 2.75) is 35.6 Å². The third kappa shape index (κ3) is 3.82. The van der Waals surface area contributed by atoms with Crippen LogP contribution in [0.3, 0.4) is 0 Å². The highest BCUT2D eigenvalue weighted by molar-refractivity contribution is 5.87. The van der Waals surface area contributed by atoms with E-state index in [0.717, 1.165) is 0 Å². The van der Waals surface area contributed by atoms with Gasteiger partial charge in [-0.2, -0.15) is 0 Å². The van der Waals surface area contributed by atoms with E-state index in [2.05, 4.69) is 75.4 Å². The van der Waals surface area contributed by atoms with Gasteiger partial charge in [0.1, 0.15) is 0 Å². The molecule has 0 heterocycles. The van der Waals surface area contributed by atoms with Crippen molar-refractivity contribution < 1.29 is 0 Å². The molecule has 2 aromatic carbocycles. The number of hydrogen-bond acceptors (Lipinski definition) is 0. The van der Waals surface area contributed by atoms with Gasteiger partial charge in [-0.15, -0.1) is 0 Å². The first-order valence-electron chi connectivity index (χ1n) is 5.99. The predicted molar refractivity (Wildman–Crippen MR) is 89.2 cm³/mol. The van der Waals surface area contributed by atoms with Gasteiger partial charge in [0.25, 0.3) is 0 Å². The number of rotatable bonds is 0. The van der Waals surface area contributed by atoms with Crippen molar-refractivity contribution in [1.82, 2.24) is 0 Å². The number of aryl methyl sites for hydroxylation is 3. The van der Waals surface area contributed by atoms with Crippen LogP contribution in [0.15, 0.2) is 54.6 Å². The Bertz CT molecular complexity index is 593. The molecule has 0 spiro atoms.